The fourth-order valence-electron chi connectivity index (χ4n) is 6.10. The molecule has 13 heteroatoms. The van der Waals surface area contributed by atoms with Crippen LogP contribution in [-0.2, 0) is 53.0 Å². The van der Waals surface area contributed by atoms with Crippen molar-refractivity contribution in [2.75, 3.05) is 7.05 Å². The first-order valence-corrected chi connectivity index (χ1v) is 18.2. The number of H-pyrrole nitrogens is 1. The lowest BCUT2D eigenvalue weighted by molar-refractivity contribution is -0.148. The van der Waals surface area contributed by atoms with Crippen LogP contribution in [0.2, 0.25) is 0 Å². The minimum Gasteiger partial charge on any atom is -0.461 e. The number of aromatic nitrogens is 1. The minimum atomic E-state index is -1.48. The zero-order valence-corrected chi connectivity index (χ0v) is 31.0. The van der Waals surface area contributed by atoms with Gasteiger partial charge in [-0.25, -0.2) is 0 Å². The van der Waals surface area contributed by atoms with Gasteiger partial charge in [-0.15, -0.1) is 0 Å². The Morgan fingerprint density at radius 3 is 2.04 bits per heavy atom. The van der Waals surface area contributed by atoms with Gasteiger partial charge in [0.2, 0.25) is 29.5 Å². The molecule has 0 fully saturated rings. The van der Waals surface area contributed by atoms with Crippen molar-refractivity contribution in [1.82, 2.24) is 25.8 Å². The molecule has 0 unspecified atom stereocenters. The number of aromatic amines is 1. The molecule has 0 saturated carbocycles. The summed E-state index contributed by atoms with van der Waals surface area (Å²) in [6, 6.07) is 20.8. The molecule has 13 nitrogen and oxygen atoms in total. The molecule has 1 aromatic heterocycles. The largest absolute Gasteiger partial charge is 0.461 e. The normalized spacial score (nSPS) is 13.2. The van der Waals surface area contributed by atoms with Gasteiger partial charge in [0.05, 0.1) is 6.42 Å². The molecule has 3 aromatic carbocycles. The van der Waals surface area contributed by atoms with E-state index in [4.69, 9.17) is 10.5 Å². The SMILES string of the molecule is CCCC[C@@H](C(=O)N[C@@H](CC(=O)OCc1ccccc1)C(=O)N[C@@H](Cc1ccccc1)C(N)=O)N(C)C(=O)[C@H](Cc1c[nH]c2ccccc12)NC(=O)CC. The van der Waals surface area contributed by atoms with Crippen molar-refractivity contribution in [3.8, 4) is 0 Å². The number of rotatable bonds is 20. The predicted octanol–water partition coefficient (Wildman–Crippen LogP) is 3.45. The smallest absolute Gasteiger partial charge is 0.308 e. The second-order valence-electron chi connectivity index (χ2n) is 13.2. The van der Waals surface area contributed by atoms with E-state index in [1.807, 2.05) is 43.3 Å². The number of hydrogen-bond donors (Lipinski definition) is 5. The van der Waals surface area contributed by atoms with Crippen molar-refractivity contribution in [3.63, 3.8) is 0 Å². The molecule has 6 N–H and O–H groups in total. The molecule has 0 aliphatic rings. The zero-order valence-electron chi connectivity index (χ0n) is 31.0. The van der Waals surface area contributed by atoms with E-state index in [0.29, 0.717) is 12.8 Å². The Morgan fingerprint density at radius 1 is 0.759 bits per heavy atom. The van der Waals surface area contributed by atoms with Crippen molar-refractivity contribution >= 4 is 46.4 Å². The Bertz CT molecular complexity index is 1880. The van der Waals surface area contributed by atoms with E-state index in [-0.39, 0.29) is 38.2 Å². The van der Waals surface area contributed by atoms with Gasteiger partial charge in [-0.2, -0.15) is 0 Å². The summed E-state index contributed by atoms with van der Waals surface area (Å²) in [5.74, 6) is -3.92. The highest BCUT2D eigenvalue weighted by atomic mass is 16.5. The average Bonchev–Trinajstić information content (AvgIpc) is 3.59. The van der Waals surface area contributed by atoms with Gasteiger partial charge >= 0.3 is 5.97 Å². The molecule has 0 saturated heterocycles. The number of likely N-dealkylation sites (N-methyl/N-ethyl adjacent to an activating group) is 1. The highest BCUT2D eigenvalue weighted by Crippen LogP contribution is 2.21. The van der Waals surface area contributed by atoms with Crippen LogP contribution >= 0.6 is 0 Å². The summed E-state index contributed by atoms with van der Waals surface area (Å²) < 4.78 is 5.44. The van der Waals surface area contributed by atoms with Crippen molar-refractivity contribution in [3.05, 3.63) is 108 Å². The third kappa shape index (κ3) is 11.8. The van der Waals surface area contributed by atoms with Gasteiger partial charge in [-0.3, -0.25) is 28.8 Å². The summed E-state index contributed by atoms with van der Waals surface area (Å²) in [5.41, 5.74) is 8.82. The van der Waals surface area contributed by atoms with Crippen molar-refractivity contribution < 1.29 is 33.5 Å². The number of nitrogens with two attached hydrogens (primary N) is 1. The first-order chi connectivity index (χ1) is 26.0. The fourth-order valence-corrected chi connectivity index (χ4v) is 6.10. The topological polar surface area (TPSA) is 193 Å². The van der Waals surface area contributed by atoms with Crippen LogP contribution in [0.3, 0.4) is 0 Å². The Morgan fingerprint density at radius 2 is 1.39 bits per heavy atom. The number of esters is 1. The first kappa shape index (κ1) is 40.8. The van der Waals surface area contributed by atoms with E-state index in [1.54, 1.807) is 61.7 Å². The monoisotopic (exact) mass is 738 g/mol. The maximum Gasteiger partial charge on any atom is 0.308 e. The summed E-state index contributed by atoms with van der Waals surface area (Å²) >= 11 is 0. The number of primary amides is 1. The number of para-hydroxylation sites is 1. The second kappa shape index (κ2) is 20.3. The highest BCUT2D eigenvalue weighted by molar-refractivity contribution is 5.97. The number of carbonyl (C=O) groups is 6. The second-order valence-corrected chi connectivity index (χ2v) is 13.2. The van der Waals surface area contributed by atoms with E-state index in [1.165, 1.54) is 11.9 Å². The lowest BCUT2D eigenvalue weighted by Crippen LogP contribution is -2.59. The van der Waals surface area contributed by atoms with E-state index in [9.17, 15) is 28.8 Å². The lowest BCUT2D eigenvalue weighted by atomic mass is 10.0. The molecule has 0 aliphatic carbocycles. The Kier molecular flexibility index (Phi) is 15.3. The molecule has 4 rings (SSSR count). The van der Waals surface area contributed by atoms with E-state index in [2.05, 4.69) is 20.9 Å². The van der Waals surface area contributed by atoms with Crippen LogP contribution in [0.25, 0.3) is 10.9 Å². The van der Waals surface area contributed by atoms with Crippen LogP contribution in [0, 0.1) is 0 Å². The van der Waals surface area contributed by atoms with Crippen LogP contribution in [-0.4, -0.2) is 76.6 Å². The minimum absolute atomic E-state index is 0.0580. The Hall–Kier alpha value is -5.98. The lowest BCUT2D eigenvalue weighted by Gasteiger charge is -2.32. The van der Waals surface area contributed by atoms with Crippen LogP contribution in [0.15, 0.2) is 91.1 Å². The summed E-state index contributed by atoms with van der Waals surface area (Å²) in [6.45, 7) is 3.56. The molecule has 0 aliphatic heterocycles. The number of nitrogens with zero attached hydrogens (tertiary/aromatic N) is 1. The highest BCUT2D eigenvalue weighted by Gasteiger charge is 2.35. The number of benzene rings is 3. The third-order valence-electron chi connectivity index (χ3n) is 9.19. The predicted molar refractivity (Wildman–Crippen MR) is 204 cm³/mol. The average molecular weight is 739 g/mol. The number of nitrogens with one attached hydrogen (secondary N) is 4. The van der Waals surface area contributed by atoms with Crippen molar-refractivity contribution in [2.24, 2.45) is 5.73 Å². The number of carbonyl (C=O) groups excluding carboxylic acids is 6. The van der Waals surface area contributed by atoms with Gasteiger partial charge in [-0.05, 0) is 29.2 Å². The van der Waals surface area contributed by atoms with Crippen LogP contribution in [0.5, 0.6) is 0 Å². The molecule has 0 spiro atoms. The van der Waals surface area contributed by atoms with Gasteiger partial charge in [0, 0.05) is 43.4 Å². The fraction of sp³-hybridized carbons (Fsp3) is 0.366. The molecule has 0 radical (unpaired) electrons. The van der Waals surface area contributed by atoms with Crippen molar-refractivity contribution in [2.45, 2.75) is 89.6 Å². The number of fused-ring (bicyclic) bond motifs is 1. The molecule has 286 valence electrons. The molecule has 54 heavy (non-hydrogen) atoms. The summed E-state index contributed by atoms with van der Waals surface area (Å²) in [5, 5.41) is 8.99. The number of amides is 5. The van der Waals surface area contributed by atoms with E-state index >= 15 is 0 Å². The van der Waals surface area contributed by atoms with Crippen LogP contribution in [0.1, 0.15) is 62.6 Å². The number of ether oxygens (including phenoxy) is 1. The van der Waals surface area contributed by atoms with Gasteiger partial charge in [0.1, 0.15) is 30.8 Å². The summed E-state index contributed by atoms with van der Waals surface area (Å²) in [4.78, 5) is 84.9. The van der Waals surface area contributed by atoms with Crippen LogP contribution < -0.4 is 21.7 Å². The van der Waals surface area contributed by atoms with E-state index in [0.717, 1.165) is 27.6 Å². The molecule has 5 amide bonds. The van der Waals surface area contributed by atoms with Gasteiger partial charge in [0.25, 0.3) is 0 Å². The standard InChI is InChI=1S/C41H50N6O7/c1-4-6-21-35(47(3)41(53)34(44-36(48)5-2)23-29-25-43-31-20-14-13-19-30(29)31)40(52)46-33(24-37(49)54-26-28-17-11-8-12-18-28)39(51)45-32(38(42)50)22-27-15-9-7-10-16-27/h7-20,25,32-35,43H,4-6,21-24,26H2,1-3H3,(H2,42,50)(H,44,48)(H,45,51)(H,46,52)/t32-,33-,34-,35-/m0/s1. The Balaban J connectivity index is 1.57. The zero-order chi connectivity index (χ0) is 39.0. The molecular weight excluding hydrogens is 688 g/mol. The molecule has 1 heterocycles. The van der Waals surface area contributed by atoms with E-state index < -0.39 is 60.2 Å². The van der Waals surface area contributed by atoms with Crippen molar-refractivity contribution in [1.29, 1.82) is 0 Å². The summed E-state index contributed by atoms with van der Waals surface area (Å²) in [6.07, 6.45) is 3.11. The maximum absolute atomic E-state index is 14.2. The maximum atomic E-state index is 14.2. The number of unbranched alkanes of at least 4 members (excludes halogenated alkanes) is 1. The molecular formula is C41H50N6O7. The third-order valence-corrected chi connectivity index (χ3v) is 9.19. The van der Waals surface area contributed by atoms with Gasteiger partial charge in [0.15, 0.2) is 0 Å². The quantitative estimate of drug-likeness (QED) is 0.0858. The number of hydrogen-bond acceptors (Lipinski definition) is 7. The summed E-state index contributed by atoms with van der Waals surface area (Å²) in [7, 11) is 1.48. The molecule has 0 bridgehead atoms. The first-order valence-electron chi connectivity index (χ1n) is 18.2. The van der Waals surface area contributed by atoms with Crippen LogP contribution in [0.4, 0.5) is 0 Å². The van der Waals surface area contributed by atoms with Gasteiger partial charge < -0.3 is 36.3 Å². The molecule has 4 aromatic rings. The van der Waals surface area contributed by atoms with Gasteiger partial charge in [-0.1, -0.05) is 106 Å². The Labute approximate surface area is 315 Å². The molecule has 4 atom stereocenters.